The lowest BCUT2D eigenvalue weighted by molar-refractivity contribution is -0.113. The summed E-state index contributed by atoms with van der Waals surface area (Å²) in [6.45, 7) is 0.288. The maximum atomic E-state index is 13.7. The molecule has 3 heterocycles. The number of amides is 1. The number of ether oxygens (including phenoxy) is 4. The molecule has 0 aromatic heterocycles. The predicted molar refractivity (Wildman–Crippen MR) is 122 cm³/mol. The molecule has 1 saturated heterocycles. The van der Waals surface area contributed by atoms with Gasteiger partial charge in [-0.3, -0.25) is 9.69 Å². The normalized spacial score (nSPS) is 18.6. The summed E-state index contributed by atoms with van der Waals surface area (Å²) in [5.41, 5.74) is 1.77. The molecule has 3 aromatic rings. The van der Waals surface area contributed by atoms with E-state index in [0.717, 1.165) is 0 Å². The van der Waals surface area contributed by atoms with Crippen LogP contribution in [-0.4, -0.2) is 24.7 Å². The minimum Gasteiger partial charge on any atom is -0.454 e. The van der Waals surface area contributed by atoms with Gasteiger partial charge in [-0.05, 0) is 59.8 Å². The predicted octanol–water partition coefficient (Wildman–Crippen LogP) is 5.09. The monoisotopic (exact) mass is 462 g/mol. The summed E-state index contributed by atoms with van der Waals surface area (Å²) >= 11 is 1.20. The van der Waals surface area contributed by atoms with Gasteiger partial charge >= 0.3 is 0 Å². The van der Waals surface area contributed by atoms with Gasteiger partial charge in [-0.25, -0.2) is 9.38 Å². The van der Waals surface area contributed by atoms with Gasteiger partial charge in [0.2, 0.25) is 13.6 Å². The first-order chi connectivity index (χ1) is 16.1. The summed E-state index contributed by atoms with van der Waals surface area (Å²) in [6, 6.07) is 16.7. The molecule has 1 fully saturated rings. The Bertz CT molecular complexity index is 1360. The third-order valence-corrected chi connectivity index (χ3v) is 6.12. The number of anilines is 1. The Hall–Kier alpha value is -3.98. The van der Waals surface area contributed by atoms with Crippen LogP contribution in [0.3, 0.4) is 0 Å². The van der Waals surface area contributed by atoms with E-state index in [4.69, 9.17) is 23.9 Å². The van der Waals surface area contributed by atoms with Crippen LogP contribution in [-0.2, 0) is 4.79 Å². The van der Waals surface area contributed by atoms with Crippen molar-refractivity contribution in [2.24, 2.45) is 4.99 Å². The van der Waals surface area contributed by atoms with E-state index in [1.165, 1.54) is 28.8 Å². The zero-order chi connectivity index (χ0) is 22.4. The van der Waals surface area contributed by atoms with Gasteiger partial charge in [0.1, 0.15) is 5.82 Å². The molecule has 0 saturated carbocycles. The second-order valence-electron chi connectivity index (χ2n) is 7.28. The van der Waals surface area contributed by atoms with E-state index in [-0.39, 0.29) is 25.3 Å². The first-order valence-electron chi connectivity index (χ1n) is 10.0. The second-order valence-corrected chi connectivity index (χ2v) is 8.28. The molecule has 3 aliphatic heterocycles. The molecule has 0 N–H and O–H groups in total. The highest BCUT2D eigenvalue weighted by atomic mass is 32.2. The SMILES string of the molecule is O=C1/C(=C\c2cccc(F)c2)SC(=Nc2ccc3c(c2)OCO3)N1c1ccc2c(c1)OCO2. The number of aliphatic imine (C=N–C) groups is 1. The molecule has 1 amide bonds. The third-order valence-electron chi connectivity index (χ3n) is 5.15. The molecule has 0 bridgehead atoms. The number of hydrogen-bond acceptors (Lipinski definition) is 7. The zero-order valence-corrected chi connectivity index (χ0v) is 17.8. The average Bonchev–Trinajstić information content (AvgIpc) is 3.53. The Morgan fingerprint density at radius 1 is 0.879 bits per heavy atom. The Kier molecular flexibility index (Phi) is 4.69. The summed E-state index contributed by atoms with van der Waals surface area (Å²) in [4.78, 5) is 20.1. The van der Waals surface area contributed by atoms with Gasteiger partial charge in [-0.2, -0.15) is 0 Å². The highest BCUT2D eigenvalue weighted by Gasteiger charge is 2.35. The van der Waals surface area contributed by atoms with Gasteiger partial charge in [0.25, 0.3) is 5.91 Å². The van der Waals surface area contributed by atoms with E-state index in [2.05, 4.69) is 0 Å². The van der Waals surface area contributed by atoms with Crippen molar-refractivity contribution in [3.05, 3.63) is 76.9 Å². The van der Waals surface area contributed by atoms with Gasteiger partial charge in [-0.1, -0.05) is 12.1 Å². The quantitative estimate of drug-likeness (QED) is 0.505. The van der Waals surface area contributed by atoms with Crippen molar-refractivity contribution in [3.8, 4) is 23.0 Å². The van der Waals surface area contributed by atoms with Gasteiger partial charge in [-0.15, -0.1) is 0 Å². The zero-order valence-electron chi connectivity index (χ0n) is 17.0. The minimum absolute atomic E-state index is 0.129. The summed E-state index contributed by atoms with van der Waals surface area (Å²) in [5.74, 6) is 1.76. The van der Waals surface area contributed by atoms with Crippen molar-refractivity contribution in [2.75, 3.05) is 18.5 Å². The van der Waals surface area contributed by atoms with E-state index in [9.17, 15) is 9.18 Å². The van der Waals surface area contributed by atoms with Crippen LogP contribution < -0.4 is 23.8 Å². The fourth-order valence-electron chi connectivity index (χ4n) is 3.61. The third kappa shape index (κ3) is 3.66. The van der Waals surface area contributed by atoms with Crippen LogP contribution in [0.25, 0.3) is 6.08 Å². The molecule has 33 heavy (non-hydrogen) atoms. The Morgan fingerprint density at radius 3 is 2.39 bits per heavy atom. The summed E-state index contributed by atoms with van der Waals surface area (Å²) in [7, 11) is 0. The molecule has 9 heteroatoms. The van der Waals surface area contributed by atoms with Crippen molar-refractivity contribution >= 4 is 40.3 Å². The summed E-state index contributed by atoms with van der Waals surface area (Å²) < 4.78 is 35.3. The fraction of sp³-hybridized carbons (Fsp3) is 0.0833. The molecule has 0 aliphatic carbocycles. The number of carbonyl (C=O) groups excluding carboxylic acids is 1. The van der Waals surface area contributed by atoms with Crippen molar-refractivity contribution in [1.29, 1.82) is 0 Å². The van der Waals surface area contributed by atoms with E-state index < -0.39 is 0 Å². The van der Waals surface area contributed by atoms with Crippen LogP contribution in [0.15, 0.2) is 70.6 Å². The minimum atomic E-state index is -0.373. The lowest BCUT2D eigenvalue weighted by atomic mass is 10.2. The van der Waals surface area contributed by atoms with Gasteiger partial charge < -0.3 is 18.9 Å². The van der Waals surface area contributed by atoms with Gasteiger partial charge in [0.15, 0.2) is 28.2 Å². The highest BCUT2D eigenvalue weighted by Crippen LogP contribution is 2.42. The second kappa shape index (κ2) is 7.86. The van der Waals surface area contributed by atoms with Crippen LogP contribution in [0.4, 0.5) is 15.8 Å². The van der Waals surface area contributed by atoms with Gasteiger partial charge in [0.05, 0.1) is 16.3 Å². The van der Waals surface area contributed by atoms with Crippen molar-refractivity contribution in [1.82, 2.24) is 0 Å². The van der Waals surface area contributed by atoms with Crippen molar-refractivity contribution < 1.29 is 28.1 Å². The lowest BCUT2D eigenvalue weighted by Gasteiger charge is -2.16. The van der Waals surface area contributed by atoms with Crippen molar-refractivity contribution in [3.63, 3.8) is 0 Å². The Labute approximate surface area is 192 Å². The van der Waals surface area contributed by atoms with E-state index in [1.807, 2.05) is 0 Å². The van der Waals surface area contributed by atoms with Crippen LogP contribution in [0, 0.1) is 5.82 Å². The highest BCUT2D eigenvalue weighted by molar-refractivity contribution is 8.19. The van der Waals surface area contributed by atoms with E-state index in [0.29, 0.717) is 50.0 Å². The summed E-state index contributed by atoms with van der Waals surface area (Å²) in [6.07, 6.45) is 1.65. The smallest absolute Gasteiger partial charge is 0.271 e. The standard InChI is InChI=1S/C24H15FN2O5S/c25-15-3-1-2-14(8-15)9-22-23(28)27(17-5-7-19-21(11-17)32-13-30-19)24(33-22)26-16-4-6-18-20(10-16)31-12-29-18/h1-11H,12-13H2/b22-9+,26-24?. The average molecular weight is 462 g/mol. The topological polar surface area (TPSA) is 69.6 Å². The van der Waals surface area contributed by atoms with Gasteiger partial charge in [0, 0.05) is 12.1 Å². The maximum Gasteiger partial charge on any atom is 0.271 e. The fourth-order valence-corrected chi connectivity index (χ4v) is 4.61. The molecule has 164 valence electrons. The Morgan fingerprint density at radius 2 is 1.61 bits per heavy atom. The molecule has 3 aliphatic rings. The van der Waals surface area contributed by atoms with Crippen LogP contribution in [0.5, 0.6) is 23.0 Å². The molecular formula is C24H15FN2O5S. The molecule has 6 rings (SSSR count). The van der Waals surface area contributed by atoms with Crippen LogP contribution >= 0.6 is 11.8 Å². The first kappa shape index (κ1) is 19.7. The molecule has 3 aromatic carbocycles. The number of carbonyl (C=O) groups is 1. The van der Waals surface area contributed by atoms with Crippen molar-refractivity contribution in [2.45, 2.75) is 0 Å². The largest absolute Gasteiger partial charge is 0.454 e. The first-order valence-corrected chi connectivity index (χ1v) is 10.8. The maximum absolute atomic E-state index is 13.7. The molecule has 7 nitrogen and oxygen atoms in total. The number of fused-ring (bicyclic) bond motifs is 2. The number of thioether (sulfide) groups is 1. The molecule has 0 spiro atoms. The number of nitrogens with zero attached hydrogens (tertiary/aromatic N) is 2. The lowest BCUT2D eigenvalue weighted by Crippen LogP contribution is -2.28. The number of benzene rings is 3. The number of amidine groups is 1. The molecular weight excluding hydrogens is 447 g/mol. The van der Waals surface area contributed by atoms with E-state index in [1.54, 1.807) is 54.6 Å². The summed E-state index contributed by atoms with van der Waals surface area (Å²) in [5, 5.41) is 0.445. The molecule has 0 atom stereocenters. The molecule has 0 radical (unpaired) electrons. The van der Waals surface area contributed by atoms with Crippen LogP contribution in [0.2, 0.25) is 0 Å². The molecule has 0 unspecified atom stereocenters. The van der Waals surface area contributed by atoms with E-state index >= 15 is 0 Å². The number of halogens is 1. The van der Waals surface area contributed by atoms with Crippen LogP contribution in [0.1, 0.15) is 5.56 Å². The Balaban J connectivity index is 1.43. The number of rotatable bonds is 3. The number of hydrogen-bond donors (Lipinski definition) is 0.